The molecule has 1 fully saturated rings. The molecular weight excluding hydrogens is 278 g/mol. The van der Waals surface area contributed by atoms with Gasteiger partial charge in [-0.15, -0.1) is 5.10 Å². The Balaban J connectivity index is 1.36. The van der Waals surface area contributed by atoms with Gasteiger partial charge in [0, 0.05) is 31.2 Å². The highest BCUT2D eigenvalue weighted by atomic mass is 16.5. The smallest absolute Gasteiger partial charge is 0.151 e. The minimum atomic E-state index is 0.549. The summed E-state index contributed by atoms with van der Waals surface area (Å²) in [6.45, 7) is 2.89. The van der Waals surface area contributed by atoms with Crippen molar-refractivity contribution >= 4 is 5.82 Å². The Labute approximate surface area is 130 Å². The summed E-state index contributed by atoms with van der Waals surface area (Å²) >= 11 is 0. The van der Waals surface area contributed by atoms with Crippen LogP contribution in [-0.4, -0.2) is 46.4 Å². The van der Waals surface area contributed by atoms with E-state index in [2.05, 4.69) is 38.3 Å². The quantitative estimate of drug-likeness (QED) is 0.856. The molecule has 2 aliphatic rings. The number of aryl methyl sites for hydroxylation is 2. The van der Waals surface area contributed by atoms with Crippen LogP contribution in [0.1, 0.15) is 29.7 Å². The number of hydrogen-bond donors (Lipinski definition) is 0. The maximum absolute atomic E-state index is 4.88. The van der Waals surface area contributed by atoms with Gasteiger partial charge in [0.2, 0.25) is 0 Å². The number of hydrogen-bond acceptors (Lipinski definition) is 6. The Morgan fingerprint density at radius 1 is 1.27 bits per heavy atom. The normalized spacial score (nSPS) is 18.4. The molecule has 6 heteroatoms. The van der Waals surface area contributed by atoms with E-state index in [0.717, 1.165) is 43.9 Å². The highest BCUT2D eigenvalue weighted by Crippen LogP contribution is 2.26. The van der Waals surface area contributed by atoms with E-state index in [1.165, 1.54) is 24.1 Å². The molecule has 0 bridgehead atoms. The van der Waals surface area contributed by atoms with Crippen LogP contribution >= 0.6 is 0 Å². The third kappa shape index (κ3) is 2.59. The first-order valence-electron chi connectivity index (χ1n) is 7.98. The molecule has 1 saturated heterocycles. The Kier molecular flexibility index (Phi) is 3.54. The second-order valence-electron chi connectivity index (χ2n) is 6.39. The van der Waals surface area contributed by atoms with Crippen LogP contribution in [0.3, 0.4) is 0 Å². The Morgan fingerprint density at radius 2 is 2.14 bits per heavy atom. The molecule has 0 radical (unpaired) electrons. The standard InChI is InChI=1S/C16H21N5O/c1-20(8-12-7-17-22-11-12)14-9-21(10-14)16-6-13-4-2-3-5-15(13)18-19-16/h6-7,11,14H,2-5,8-10H2,1H3. The molecule has 0 saturated carbocycles. The molecule has 6 nitrogen and oxygen atoms in total. The molecule has 0 atom stereocenters. The van der Waals surface area contributed by atoms with E-state index in [1.54, 1.807) is 12.5 Å². The Morgan fingerprint density at radius 3 is 2.95 bits per heavy atom. The number of rotatable bonds is 4. The van der Waals surface area contributed by atoms with Gasteiger partial charge in [-0.3, -0.25) is 4.90 Å². The lowest BCUT2D eigenvalue weighted by Crippen LogP contribution is -2.58. The van der Waals surface area contributed by atoms with Crippen molar-refractivity contribution in [2.45, 2.75) is 38.3 Å². The van der Waals surface area contributed by atoms with Gasteiger partial charge < -0.3 is 9.42 Å². The monoisotopic (exact) mass is 299 g/mol. The van der Waals surface area contributed by atoms with Gasteiger partial charge in [-0.05, 0) is 44.4 Å². The summed E-state index contributed by atoms with van der Waals surface area (Å²) in [5.74, 6) is 1.04. The van der Waals surface area contributed by atoms with E-state index in [0.29, 0.717) is 6.04 Å². The third-order valence-electron chi connectivity index (χ3n) is 4.78. The Bertz CT molecular complexity index is 636. The highest BCUT2D eigenvalue weighted by Gasteiger charge is 2.31. The van der Waals surface area contributed by atoms with Crippen molar-refractivity contribution in [2.24, 2.45) is 0 Å². The average molecular weight is 299 g/mol. The van der Waals surface area contributed by atoms with Gasteiger partial charge in [0.1, 0.15) is 6.26 Å². The van der Waals surface area contributed by atoms with Crippen LogP contribution in [0.15, 0.2) is 23.0 Å². The molecule has 0 unspecified atom stereocenters. The lowest BCUT2D eigenvalue weighted by atomic mass is 9.96. The minimum Gasteiger partial charge on any atom is -0.364 e. The second kappa shape index (κ2) is 5.68. The zero-order chi connectivity index (χ0) is 14.9. The van der Waals surface area contributed by atoms with Crippen molar-refractivity contribution < 1.29 is 4.52 Å². The molecule has 3 heterocycles. The summed E-state index contributed by atoms with van der Waals surface area (Å²) in [6, 6.07) is 2.80. The van der Waals surface area contributed by atoms with Crippen molar-refractivity contribution in [1.29, 1.82) is 0 Å². The van der Waals surface area contributed by atoms with Gasteiger partial charge in [-0.25, -0.2) is 0 Å². The van der Waals surface area contributed by atoms with E-state index in [1.807, 2.05) is 0 Å². The fourth-order valence-corrected chi connectivity index (χ4v) is 3.28. The third-order valence-corrected chi connectivity index (χ3v) is 4.78. The minimum absolute atomic E-state index is 0.549. The van der Waals surface area contributed by atoms with E-state index in [9.17, 15) is 0 Å². The first kappa shape index (κ1) is 13.7. The molecule has 0 amide bonds. The number of nitrogens with zero attached hydrogens (tertiary/aromatic N) is 5. The lowest BCUT2D eigenvalue weighted by molar-refractivity contribution is 0.196. The van der Waals surface area contributed by atoms with Crippen LogP contribution in [0.2, 0.25) is 0 Å². The van der Waals surface area contributed by atoms with Gasteiger partial charge >= 0.3 is 0 Å². The van der Waals surface area contributed by atoms with Crippen LogP contribution in [0.4, 0.5) is 5.82 Å². The summed E-state index contributed by atoms with van der Waals surface area (Å²) in [4.78, 5) is 4.66. The van der Waals surface area contributed by atoms with Gasteiger partial charge in [-0.2, -0.15) is 5.10 Å². The molecular formula is C16H21N5O. The number of likely N-dealkylation sites (N-methyl/N-ethyl adjacent to an activating group) is 1. The molecule has 0 spiro atoms. The summed E-state index contributed by atoms with van der Waals surface area (Å²) in [7, 11) is 2.15. The second-order valence-corrected chi connectivity index (χ2v) is 6.39. The molecule has 2 aromatic rings. The van der Waals surface area contributed by atoms with Crippen molar-refractivity contribution in [1.82, 2.24) is 20.3 Å². The predicted octanol–water partition coefficient (Wildman–Crippen LogP) is 1.66. The van der Waals surface area contributed by atoms with E-state index < -0.39 is 0 Å². The van der Waals surface area contributed by atoms with Gasteiger partial charge in [0.25, 0.3) is 0 Å². The van der Waals surface area contributed by atoms with Crippen molar-refractivity contribution in [3.63, 3.8) is 0 Å². The molecule has 4 rings (SSSR count). The molecule has 0 N–H and O–H groups in total. The maximum Gasteiger partial charge on any atom is 0.151 e. The summed E-state index contributed by atoms with van der Waals surface area (Å²) < 4.78 is 4.88. The fourth-order valence-electron chi connectivity index (χ4n) is 3.28. The largest absolute Gasteiger partial charge is 0.364 e. The van der Waals surface area contributed by atoms with Crippen LogP contribution in [0, 0.1) is 0 Å². The fraction of sp³-hybridized carbons (Fsp3) is 0.562. The van der Waals surface area contributed by atoms with Crippen LogP contribution in [0.5, 0.6) is 0 Å². The van der Waals surface area contributed by atoms with Crippen molar-refractivity contribution in [3.05, 3.63) is 35.3 Å². The zero-order valence-electron chi connectivity index (χ0n) is 12.9. The average Bonchev–Trinajstić information content (AvgIpc) is 2.98. The van der Waals surface area contributed by atoms with Gasteiger partial charge in [-0.1, -0.05) is 5.16 Å². The molecule has 2 aromatic heterocycles. The van der Waals surface area contributed by atoms with Crippen molar-refractivity contribution in [3.8, 4) is 0 Å². The number of fused-ring (bicyclic) bond motifs is 1. The van der Waals surface area contributed by atoms with E-state index >= 15 is 0 Å². The van der Waals surface area contributed by atoms with E-state index in [-0.39, 0.29) is 0 Å². The van der Waals surface area contributed by atoms with E-state index in [4.69, 9.17) is 4.52 Å². The zero-order valence-corrected chi connectivity index (χ0v) is 12.9. The van der Waals surface area contributed by atoms with Crippen LogP contribution in [-0.2, 0) is 19.4 Å². The van der Waals surface area contributed by atoms with Crippen LogP contribution < -0.4 is 4.90 Å². The molecule has 1 aliphatic heterocycles. The SMILES string of the molecule is CN(Cc1cnoc1)C1CN(c2cc3c(nn2)CCCC3)C1. The number of anilines is 1. The summed E-state index contributed by atoms with van der Waals surface area (Å²) in [5, 5.41) is 12.6. The topological polar surface area (TPSA) is 58.3 Å². The number of aromatic nitrogens is 3. The van der Waals surface area contributed by atoms with Gasteiger partial charge in [0.15, 0.2) is 5.82 Å². The first-order chi connectivity index (χ1) is 10.8. The highest BCUT2D eigenvalue weighted by molar-refractivity contribution is 5.45. The molecule has 22 heavy (non-hydrogen) atoms. The van der Waals surface area contributed by atoms with Crippen molar-refractivity contribution in [2.75, 3.05) is 25.0 Å². The Hall–Kier alpha value is -1.95. The summed E-state index contributed by atoms with van der Waals surface area (Å²) in [5.41, 5.74) is 3.73. The van der Waals surface area contributed by atoms with Gasteiger partial charge in [0.05, 0.1) is 11.9 Å². The first-order valence-corrected chi connectivity index (χ1v) is 7.98. The molecule has 116 valence electrons. The predicted molar refractivity (Wildman–Crippen MR) is 82.6 cm³/mol. The molecule has 0 aromatic carbocycles. The summed E-state index contributed by atoms with van der Waals surface area (Å²) in [6.07, 6.45) is 8.27. The molecule has 1 aliphatic carbocycles. The van der Waals surface area contributed by atoms with Crippen LogP contribution in [0.25, 0.3) is 0 Å². The lowest BCUT2D eigenvalue weighted by Gasteiger charge is -2.44. The maximum atomic E-state index is 4.88.